The molecule has 0 saturated carbocycles. The highest BCUT2D eigenvalue weighted by Gasteiger charge is 2.07. The van der Waals surface area contributed by atoms with Crippen LogP contribution in [0.25, 0.3) is 0 Å². The third-order valence-corrected chi connectivity index (χ3v) is 4.32. The van der Waals surface area contributed by atoms with E-state index in [0.29, 0.717) is 12.5 Å². The van der Waals surface area contributed by atoms with Crippen LogP contribution in [0.3, 0.4) is 0 Å². The Balaban J connectivity index is 0.00000392. The largest absolute Gasteiger partial charge is 0.375 e. The van der Waals surface area contributed by atoms with Crippen molar-refractivity contribution in [3.8, 4) is 0 Å². The van der Waals surface area contributed by atoms with Crippen LogP contribution in [0.5, 0.6) is 0 Å². The first kappa shape index (κ1) is 24.3. The first-order valence-corrected chi connectivity index (χ1v) is 9.84. The third-order valence-electron chi connectivity index (χ3n) is 4.32. The Morgan fingerprint density at radius 1 is 1.18 bits per heavy atom. The van der Waals surface area contributed by atoms with Crippen molar-refractivity contribution >= 4 is 35.6 Å². The van der Waals surface area contributed by atoms with Crippen LogP contribution in [0.4, 0.5) is 5.69 Å². The topological polar surface area (TPSA) is 65.7 Å². The van der Waals surface area contributed by atoms with Crippen LogP contribution < -0.4 is 15.5 Å². The highest BCUT2D eigenvalue weighted by atomic mass is 127. The van der Waals surface area contributed by atoms with Crippen LogP contribution >= 0.6 is 24.0 Å². The number of hydrogen-bond acceptors (Lipinski definition) is 4. The zero-order valence-corrected chi connectivity index (χ0v) is 19.8. The fourth-order valence-corrected chi connectivity index (χ4v) is 2.67. The monoisotopic (exact) mass is 499 g/mol. The average Bonchev–Trinajstić information content (AvgIpc) is 3.15. The van der Waals surface area contributed by atoms with Gasteiger partial charge in [-0.25, -0.2) is 4.99 Å². The molecule has 2 aromatic rings. The number of anilines is 1. The number of aliphatic imine (C=N–C) groups is 1. The quantitative estimate of drug-likeness (QED) is 0.220. The fraction of sp³-hybridized carbons (Fsp3) is 0.524. The van der Waals surface area contributed by atoms with E-state index in [1.54, 1.807) is 0 Å². The van der Waals surface area contributed by atoms with Gasteiger partial charge < -0.3 is 20.1 Å². The molecule has 0 aliphatic heterocycles. The van der Waals surface area contributed by atoms with E-state index in [1.165, 1.54) is 5.69 Å². The van der Waals surface area contributed by atoms with E-state index >= 15 is 0 Å². The molecule has 1 heterocycles. The summed E-state index contributed by atoms with van der Waals surface area (Å²) >= 11 is 0. The Hall–Kier alpha value is -1.77. The molecule has 0 saturated heterocycles. The standard InChI is InChI=1S/C21H33N5O.HI/c1-5-22-21(24-16-19-15-20(17(2)3)25-27-19)23-13-9-10-14-26(4)18-11-7-6-8-12-18;/h6-8,11-12,15,17H,5,9-10,13-14,16H2,1-4H3,(H2,22,23,24);1H. The summed E-state index contributed by atoms with van der Waals surface area (Å²) in [4.78, 5) is 6.87. The van der Waals surface area contributed by atoms with Gasteiger partial charge in [0.15, 0.2) is 11.7 Å². The lowest BCUT2D eigenvalue weighted by molar-refractivity contribution is 0.376. The smallest absolute Gasteiger partial charge is 0.191 e. The molecule has 0 amide bonds. The van der Waals surface area contributed by atoms with E-state index in [4.69, 9.17) is 4.52 Å². The van der Waals surface area contributed by atoms with Crippen molar-refractivity contribution in [2.75, 3.05) is 31.6 Å². The van der Waals surface area contributed by atoms with Gasteiger partial charge in [0.1, 0.15) is 6.54 Å². The summed E-state index contributed by atoms with van der Waals surface area (Å²) in [6.45, 7) is 9.52. The molecule has 0 radical (unpaired) electrons. The minimum absolute atomic E-state index is 0. The van der Waals surface area contributed by atoms with E-state index < -0.39 is 0 Å². The van der Waals surface area contributed by atoms with Crippen molar-refractivity contribution in [3.05, 3.63) is 47.9 Å². The van der Waals surface area contributed by atoms with E-state index in [2.05, 4.69) is 77.8 Å². The zero-order valence-electron chi connectivity index (χ0n) is 17.4. The SMILES string of the molecule is CCNC(=NCc1cc(C(C)C)no1)NCCCCN(C)c1ccccc1.I. The molecule has 28 heavy (non-hydrogen) atoms. The molecule has 0 fully saturated rings. The summed E-state index contributed by atoms with van der Waals surface area (Å²) in [7, 11) is 2.14. The van der Waals surface area contributed by atoms with E-state index in [9.17, 15) is 0 Å². The van der Waals surface area contributed by atoms with Crippen molar-refractivity contribution in [2.24, 2.45) is 4.99 Å². The summed E-state index contributed by atoms with van der Waals surface area (Å²) in [5.74, 6) is 1.98. The van der Waals surface area contributed by atoms with Crippen molar-refractivity contribution in [3.63, 3.8) is 0 Å². The number of rotatable bonds is 10. The minimum Gasteiger partial charge on any atom is -0.375 e. The van der Waals surface area contributed by atoms with Crippen LogP contribution in [-0.4, -0.2) is 37.8 Å². The van der Waals surface area contributed by atoms with Gasteiger partial charge in [-0.2, -0.15) is 0 Å². The van der Waals surface area contributed by atoms with Crippen molar-refractivity contribution in [2.45, 2.75) is 46.1 Å². The van der Waals surface area contributed by atoms with E-state index in [0.717, 1.165) is 49.9 Å². The van der Waals surface area contributed by atoms with Gasteiger partial charge in [-0.05, 0) is 37.8 Å². The molecule has 0 unspecified atom stereocenters. The highest BCUT2D eigenvalue weighted by Crippen LogP contribution is 2.14. The third kappa shape index (κ3) is 8.50. The van der Waals surface area contributed by atoms with Gasteiger partial charge in [-0.15, -0.1) is 24.0 Å². The van der Waals surface area contributed by atoms with Crippen LogP contribution in [0.2, 0.25) is 0 Å². The summed E-state index contributed by atoms with van der Waals surface area (Å²) in [6, 6.07) is 12.5. The molecule has 0 aliphatic carbocycles. The maximum atomic E-state index is 5.35. The Kier molecular flexibility index (Phi) is 11.6. The normalized spacial score (nSPS) is 11.2. The highest BCUT2D eigenvalue weighted by molar-refractivity contribution is 14.0. The Morgan fingerprint density at radius 3 is 2.57 bits per heavy atom. The lowest BCUT2D eigenvalue weighted by Gasteiger charge is -2.19. The van der Waals surface area contributed by atoms with Gasteiger partial charge >= 0.3 is 0 Å². The van der Waals surface area contributed by atoms with Gasteiger partial charge in [-0.3, -0.25) is 0 Å². The predicted molar refractivity (Wildman–Crippen MR) is 128 cm³/mol. The number of nitrogens with one attached hydrogen (secondary N) is 2. The Morgan fingerprint density at radius 2 is 1.93 bits per heavy atom. The maximum absolute atomic E-state index is 5.35. The molecule has 1 aromatic carbocycles. The zero-order chi connectivity index (χ0) is 19.5. The lowest BCUT2D eigenvalue weighted by atomic mass is 10.1. The van der Waals surface area contributed by atoms with Gasteiger partial charge in [-0.1, -0.05) is 37.2 Å². The first-order chi connectivity index (χ1) is 13.1. The molecule has 1 aromatic heterocycles. The minimum atomic E-state index is 0. The second-order valence-electron chi connectivity index (χ2n) is 6.96. The number of hydrogen-bond donors (Lipinski definition) is 2. The van der Waals surface area contributed by atoms with Crippen molar-refractivity contribution < 1.29 is 4.52 Å². The Labute approximate surface area is 186 Å². The van der Waals surface area contributed by atoms with Crippen LogP contribution in [0.15, 0.2) is 45.9 Å². The molecule has 0 bridgehead atoms. The van der Waals surface area contributed by atoms with Crippen LogP contribution in [-0.2, 0) is 6.54 Å². The van der Waals surface area contributed by atoms with Gasteiger partial charge in [0.05, 0.1) is 5.69 Å². The Bertz CT molecular complexity index is 687. The molecule has 0 aliphatic rings. The fourth-order valence-electron chi connectivity index (χ4n) is 2.67. The summed E-state index contributed by atoms with van der Waals surface area (Å²) in [5.41, 5.74) is 2.23. The van der Waals surface area contributed by atoms with Gasteiger partial charge in [0, 0.05) is 38.4 Å². The van der Waals surface area contributed by atoms with Crippen molar-refractivity contribution in [1.82, 2.24) is 15.8 Å². The lowest BCUT2D eigenvalue weighted by Crippen LogP contribution is -2.37. The molecular weight excluding hydrogens is 465 g/mol. The number of unbranched alkanes of at least 4 members (excludes halogenated alkanes) is 1. The second kappa shape index (κ2) is 13.4. The molecule has 0 atom stereocenters. The molecule has 0 spiro atoms. The summed E-state index contributed by atoms with van der Waals surface area (Å²) in [6.07, 6.45) is 2.21. The number of guanidine groups is 1. The molecule has 2 rings (SSSR count). The molecule has 6 nitrogen and oxygen atoms in total. The summed E-state index contributed by atoms with van der Waals surface area (Å²) < 4.78 is 5.35. The first-order valence-electron chi connectivity index (χ1n) is 9.84. The van der Waals surface area contributed by atoms with E-state index in [1.807, 2.05) is 12.1 Å². The van der Waals surface area contributed by atoms with Gasteiger partial charge in [0.25, 0.3) is 0 Å². The molecule has 156 valence electrons. The predicted octanol–water partition coefficient (Wildman–Crippen LogP) is 4.39. The second-order valence-corrected chi connectivity index (χ2v) is 6.96. The maximum Gasteiger partial charge on any atom is 0.191 e. The molecular formula is C21H34IN5O. The van der Waals surface area contributed by atoms with Gasteiger partial charge in [0.2, 0.25) is 0 Å². The molecule has 7 heteroatoms. The number of nitrogens with zero attached hydrogens (tertiary/aromatic N) is 3. The number of para-hydroxylation sites is 1. The number of benzene rings is 1. The number of aromatic nitrogens is 1. The van der Waals surface area contributed by atoms with E-state index in [-0.39, 0.29) is 24.0 Å². The number of halogens is 1. The average molecular weight is 499 g/mol. The summed E-state index contributed by atoms with van der Waals surface area (Å²) in [5, 5.41) is 10.7. The van der Waals surface area contributed by atoms with Crippen LogP contribution in [0.1, 0.15) is 51.0 Å². The van der Waals surface area contributed by atoms with Crippen molar-refractivity contribution in [1.29, 1.82) is 0 Å². The molecule has 2 N–H and O–H groups in total. The van der Waals surface area contributed by atoms with Crippen LogP contribution in [0, 0.1) is 0 Å².